The van der Waals surface area contributed by atoms with Crippen molar-refractivity contribution in [3.05, 3.63) is 83.9 Å². The predicted octanol–water partition coefficient (Wildman–Crippen LogP) is 8.74. The molecule has 4 aromatic rings. The molecule has 41 heavy (non-hydrogen) atoms. The number of hydrogen-bond donors (Lipinski definition) is 1. The van der Waals surface area contributed by atoms with E-state index >= 15 is 0 Å². The summed E-state index contributed by atoms with van der Waals surface area (Å²) in [5, 5.41) is 3.87. The van der Waals surface area contributed by atoms with Crippen LogP contribution in [-0.4, -0.2) is 12.8 Å². The van der Waals surface area contributed by atoms with Gasteiger partial charge in [0, 0.05) is 32.1 Å². The van der Waals surface area contributed by atoms with Crippen molar-refractivity contribution < 1.29 is 0 Å². The molecule has 0 spiro atoms. The molecular formula is C37H39BN2S. The van der Waals surface area contributed by atoms with E-state index in [1.165, 1.54) is 105 Å². The maximum atomic E-state index is 3.87. The first-order chi connectivity index (χ1) is 20.0. The molecule has 0 amide bonds. The third kappa shape index (κ3) is 3.65. The smallest absolute Gasteiger partial charge is 0.198 e. The number of benzene rings is 4. The van der Waals surface area contributed by atoms with Crippen molar-refractivity contribution in [3.8, 4) is 11.1 Å². The first-order valence-corrected chi connectivity index (χ1v) is 16.6. The highest BCUT2D eigenvalue weighted by molar-refractivity contribution is 7.99. The number of nitrogens with one attached hydrogen (secondary N) is 1. The summed E-state index contributed by atoms with van der Waals surface area (Å²) < 4.78 is 0. The minimum Gasteiger partial charge on any atom is -0.353 e. The lowest BCUT2D eigenvalue weighted by Gasteiger charge is -2.51. The third-order valence-electron chi connectivity index (χ3n) is 10.9. The molecule has 0 radical (unpaired) electrons. The largest absolute Gasteiger partial charge is 0.353 e. The summed E-state index contributed by atoms with van der Waals surface area (Å²) in [6, 6.07) is 27.9. The van der Waals surface area contributed by atoms with Crippen molar-refractivity contribution in [2.75, 3.05) is 10.2 Å². The van der Waals surface area contributed by atoms with E-state index < -0.39 is 0 Å². The molecule has 1 fully saturated rings. The van der Waals surface area contributed by atoms with Crippen molar-refractivity contribution >= 4 is 52.7 Å². The maximum Gasteiger partial charge on any atom is 0.198 e. The second-order valence-corrected chi connectivity index (χ2v) is 14.2. The van der Waals surface area contributed by atoms with Crippen LogP contribution in [0.1, 0.15) is 76.8 Å². The van der Waals surface area contributed by atoms with E-state index in [-0.39, 0.29) is 11.0 Å². The van der Waals surface area contributed by atoms with Crippen LogP contribution in [0.3, 0.4) is 0 Å². The number of unbranched alkanes of at least 4 members (excludes halogenated alkanes) is 2. The summed E-state index contributed by atoms with van der Waals surface area (Å²) in [4.78, 5) is 5.46. The Hall–Kier alpha value is -3.11. The van der Waals surface area contributed by atoms with Crippen LogP contribution in [0.4, 0.5) is 22.7 Å². The summed E-state index contributed by atoms with van der Waals surface area (Å²) in [6.07, 6.45) is 10.1. The van der Waals surface area contributed by atoms with Gasteiger partial charge >= 0.3 is 0 Å². The number of anilines is 4. The molecule has 3 heterocycles. The van der Waals surface area contributed by atoms with Crippen LogP contribution in [0.2, 0.25) is 0 Å². The lowest BCUT2D eigenvalue weighted by atomic mass is 9.58. The summed E-state index contributed by atoms with van der Waals surface area (Å²) >= 11 is 1.89. The second-order valence-electron chi connectivity index (χ2n) is 13.1. The molecule has 4 aromatic carbocycles. The van der Waals surface area contributed by atoms with Crippen molar-refractivity contribution in [2.45, 2.75) is 92.9 Å². The van der Waals surface area contributed by atoms with Crippen LogP contribution in [-0.2, 0) is 11.8 Å². The Labute approximate surface area is 250 Å². The van der Waals surface area contributed by atoms with E-state index in [2.05, 4.69) is 104 Å². The van der Waals surface area contributed by atoms with E-state index in [1.807, 2.05) is 11.8 Å². The second kappa shape index (κ2) is 9.46. The highest BCUT2D eigenvalue weighted by Crippen LogP contribution is 2.61. The first kappa shape index (κ1) is 25.6. The van der Waals surface area contributed by atoms with Gasteiger partial charge in [0.05, 0.1) is 16.9 Å². The number of nitrogens with zero attached hydrogens (tertiary/aromatic N) is 1. The van der Waals surface area contributed by atoms with Crippen LogP contribution in [0, 0.1) is 0 Å². The van der Waals surface area contributed by atoms with E-state index in [4.69, 9.17) is 0 Å². The molecule has 1 aliphatic carbocycles. The fraction of sp³-hybridized carbons (Fsp3) is 0.351. The normalized spacial score (nSPS) is 23.0. The lowest BCUT2D eigenvalue weighted by Crippen LogP contribution is -2.57. The summed E-state index contributed by atoms with van der Waals surface area (Å²) in [5.74, 6) is 0. The van der Waals surface area contributed by atoms with Gasteiger partial charge in [-0.1, -0.05) is 105 Å². The SMILES string of the molecule is CCCCCc1cc(-c2cccc3c2Nc2ccccc2S3)c2c(c1)N1c3c(cccc3C3(C)CCCCC13C)B2. The molecule has 2 atom stereocenters. The van der Waals surface area contributed by atoms with Gasteiger partial charge < -0.3 is 10.2 Å². The average Bonchev–Trinajstić information content (AvgIpc) is 3.21. The Bertz CT molecular complexity index is 1690. The first-order valence-electron chi connectivity index (χ1n) is 15.8. The molecule has 0 saturated heterocycles. The number of hydrogen-bond acceptors (Lipinski definition) is 3. The highest BCUT2D eigenvalue weighted by atomic mass is 32.2. The van der Waals surface area contributed by atoms with Gasteiger partial charge in [-0.25, -0.2) is 0 Å². The standard InChI is InChI=1S/C37H39BN2S/c1-4-5-6-13-24-22-26(25-14-11-19-32-34(25)39-29-17-7-8-18-31(29)41-32)33-30(23-24)40-35-27(15-12-16-28(35)38-33)36(2)20-9-10-21-37(36,40)3/h7-8,11-12,14-19,22-23,38-39H,4-6,9-10,13,20-21H2,1-3H3. The molecule has 4 heteroatoms. The van der Waals surface area contributed by atoms with Crippen molar-refractivity contribution in [1.82, 2.24) is 0 Å². The minimum atomic E-state index is 0.0985. The molecule has 8 rings (SSSR count). The quantitative estimate of drug-likeness (QED) is 0.173. The minimum absolute atomic E-state index is 0.0985. The molecular weight excluding hydrogens is 515 g/mol. The molecule has 1 saturated carbocycles. The van der Waals surface area contributed by atoms with Gasteiger partial charge in [0.1, 0.15) is 0 Å². The Balaban J connectivity index is 1.35. The summed E-state index contributed by atoms with van der Waals surface area (Å²) in [6.45, 7) is 7.45. The molecule has 0 bridgehead atoms. The summed E-state index contributed by atoms with van der Waals surface area (Å²) in [7, 11) is 0.999. The van der Waals surface area contributed by atoms with Gasteiger partial charge in [0.25, 0.3) is 0 Å². The van der Waals surface area contributed by atoms with Gasteiger partial charge in [0.2, 0.25) is 0 Å². The maximum absolute atomic E-state index is 3.87. The number of fused-ring (bicyclic) bond motifs is 7. The lowest BCUT2D eigenvalue weighted by molar-refractivity contribution is 0.195. The van der Waals surface area contributed by atoms with Gasteiger partial charge in [-0.05, 0) is 79.0 Å². The fourth-order valence-electron chi connectivity index (χ4n) is 8.49. The van der Waals surface area contributed by atoms with Crippen LogP contribution in [0.5, 0.6) is 0 Å². The number of rotatable bonds is 5. The molecule has 2 nitrogen and oxygen atoms in total. The van der Waals surface area contributed by atoms with Crippen LogP contribution < -0.4 is 21.1 Å². The van der Waals surface area contributed by atoms with Crippen LogP contribution >= 0.6 is 11.8 Å². The van der Waals surface area contributed by atoms with E-state index in [9.17, 15) is 0 Å². The van der Waals surface area contributed by atoms with Crippen LogP contribution in [0.25, 0.3) is 11.1 Å². The number of para-hydroxylation sites is 3. The van der Waals surface area contributed by atoms with Gasteiger partial charge in [0.15, 0.2) is 7.28 Å². The van der Waals surface area contributed by atoms with Crippen molar-refractivity contribution in [1.29, 1.82) is 0 Å². The monoisotopic (exact) mass is 554 g/mol. The average molecular weight is 555 g/mol. The van der Waals surface area contributed by atoms with Gasteiger partial charge in [-0.2, -0.15) is 0 Å². The molecule has 4 aliphatic rings. The van der Waals surface area contributed by atoms with Crippen molar-refractivity contribution in [2.24, 2.45) is 0 Å². The zero-order valence-electron chi connectivity index (χ0n) is 24.6. The number of aryl methyl sites for hydroxylation is 1. The zero-order chi connectivity index (χ0) is 27.8. The van der Waals surface area contributed by atoms with Gasteiger partial charge in [-0.3, -0.25) is 0 Å². The Kier molecular flexibility index (Phi) is 5.90. The van der Waals surface area contributed by atoms with E-state index in [0.29, 0.717) is 0 Å². The van der Waals surface area contributed by atoms with E-state index in [1.54, 1.807) is 5.56 Å². The molecule has 206 valence electrons. The summed E-state index contributed by atoms with van der Waals surface area (Å²) in [5.41, 5.74) is 14.6. The Morgan fingerprint density at radius 3 is 2.61 bits per heavy atom. The zero-order valence-corrected chi connectivity index (χ0v) is 25.5. The topological polar surface area (TPSA) is 15.3 Å². The highest BCUT2D eigenvalue weighted by Gasteiger charge is 2.59. The Morgan fingerprint density at radius 1 is 0.878 bits per heavy atom. The van der Waals surface area contributed by atoms with Gasteiger partial charge in [-0.15, -0.1) is 0 Å². The predicted molar refractivity (Wildman–Crippen MR) is 178 cm³/mol. The van der Waals surface area contributed by atoms with E-state index in [0.717, 1.165) is 13.7 Å². The molecule has 1 N–H and O–H groups in total. The molecule has 0 aromatic heterocycles. The third-order valence-corrected chi connectivity index (χ3v) is 12.0. The molecule has 3 aliphatic heterocycles. The fourth-order valence-corrected chi connectivity index (χ4v) is 9.51. The molecule has 2 unspecified atom stereocenters. The Morgan fingerprint density at radius 2 is 1.71 bits per heavy atom. The van der Waals surface area contributed by atoms with Crippen molar-refractivity contribution in [3.63, 3.8) is 0 Å². The van der Waals surface area contributed by atoms with Crippen LogP contribution in [0.15, 0.2) is 82.6 Å².